The number of nitrogens with zero attached hydrogens (tertiary/aromatic N) is 3. The van der Waals surface area contributed by atoms with E-state index in [1.807, 2.05) is 12.1 Å². The van der Waals surface area contributed by atoms with Crippen molar-refractivity contribution in [2.45, 2.75) is 13.8 Å². The third kappa shape index (κ3) is 3.33. The van der Waals surface area contributed by atoms with Crippen LogP contribution in [0.1, 0.15) is 19.4 Å². The summed E-state index contributed by atoms with van der Waals surface area (Å²) >= 11 is 0. The Labute approximate surface area is 114 Å². The Balaban J connectivity index is 2.03. The number of hydrogen-bond donors (Lipinski definition) is 0. The lowest BCUT2D eigenvalue weighted by Crippen LogP contribution is -2.51. The van der Waals surface area contributed by atoms with Crippen LogP contribution in [-0.2, 0) is 4.79 Å². The summed E-state index contributed by atoms with van der Waals surface area (Å²) in [5.41, 5.74) is 1.49. The Bertz CT molecular complexity index is 487. The highest BCUT2D eigenvalue weighted by Crippen LogP contribution is 2.18. The lowest BCUT2D eigenvalue weighted by molar-refractivity contribution is -0.121. The molecule has 0 aliphatic carbocycles. The minimum Gasteiger partial charge on any atom is -0.310 e. The Hall–Kier alpha value is -1.86. The number of hydrogen-bond acceptors (Lipinski definition) is 3. The van der Waals surface area contributed by atoms with Crippen LogP contribution >= 0.6 is 0 Å². The first-order valence-electron chi connectivity index (χ1n) is 6.42. The van der Waals surface area contributed by atoms with Crippen molar-refractivity contribution in [3.8, 4) is 6.07 Å². The standard InChI is InChI=1S/C15H18N3O/c1-12(2)10-17-7-8-18(15(19)11-17)14-5-3-13(9-16)4-6-14/h3-6H,7-8,10-11H2,1-2H3. The van der Waals surface area contributed by atoms with E-state index in [2.05, 4.69) is 24.8 Å². The summed E-state index contributed by atoms with van der Waals surface area (Å²) in [5, 5.41) is 8.77. The van der Waals surface area contributed by atoms with Crippen LogP contribution in [-0.4, -0.2) is 37.0 Å². The first kappa shape index (κ1) is 13.6. The largest absolute Gasteiger partial charge is 0.310 e. The SMILES string of the molecule is C[C](C)CN1CCN(c2ccc(C#N)cc2)C(=O)C1. The molecule has 4 heteroatoms. The van der Waals surface area contributed by atoms with E-state index >= 15 is 0 Å². The predicted molar refractivity (Wildman–Crippen MR) is 74.5 cm³/mol. The lowest BCUT2D eigenvalue weighted by atomic mass is 10.1. The van der Waals surface area contributed by atoms with Gasteiger partial charge in [0.05, 0.1) is 18.2 Å². The van der Waals surface area contributed by atoms with Gasteiger partial charge >= 0.3 is 0 Å². The van der Waals surface area contributed by atoms with Gasteiger partial charge in [-0.1, -0.05) is 13.8 Å². The molecule has 1 aliphatic heterocycles. The Kier molecular flexibility index (Phi) is 4.18. The highest BCUT2D eigenvalue weighted by Gasteiger charge is 2.25. The van der Waals surface area contributed by atoms with Gasteiger partial charge in [-0.25, -0.2) is 0 Å². The van der Waals surface area contributed by atoms with E-state index in [1.54, 1.807) is 17.0 Å². The number of carbonyl (C=O) groups excluding carboxylic acids is 1. The first-order chi connectivity index (χ1) is 9.10. The van der Waals surface area contributed by atoms with E-state index in [9.17, 15) is 4.79 Å². The molecule has 2 rings (SSSR count). The van der Waals surface area contributed by atoms with E-state index in [4.69, 9.17) is 5.26 Å². The summed E-state index contributed by atoms with van der Waals surface area (Å²) in [6.45, 7) is 7.10. The monoisotopic (exact) mass is 256 g/mol. The zero-order valence-electron chi connectivity index (χ0n) is 11.4. The maximum atomic E-state index is 12.2. The molecule has 1 heterocycles. The van der Waals surface area contributed by atoms with Gasteiger partial charge in [0.1, 0.15) is 0 Å². The molecule has 4 nitrogen and oxygen atoms in total. The number of amides is 1. The van der Waals surface area contributed by atoms with E-state index in [-0.39, 0.29) is 5.91 Å². The van der Waals surface area contributed by atoms with Crippen molar-refractivity contribution in [3.05, 3.63) is 35.7 Å². The van der Waals surface area contributed by atoms with Crippen LogP contribution in [0.2, 0.25) is 0 Å². The van der Waals surface area contributed by atoms with Gasteiger partial charge in [0.25, 0.3) is 0 Å². The van der Waals surface area contributed by atoms with Crippen LogP contribution in [0.4, 0.5) is 5.69 Å². The summed E-state index contributed by atoms with van der Waals surface area (Å²) in [6, 6.07) is 9.25. The topological polar surface area (TPSA) is 47.3 Å². The van der Waals surface area contributed by atoms with E-state index in [0.717, 1.165) is 18.8 Å². The van der Waals surface area contributed by atoms with Gasteiger partial charge in [0, 0.05) is 25.3 Å². The molecule has 1 fully saturated rings. The quantitative estimate of drug-likeness (QED) is 0.828. The number of anilines is 1. The smallest absolute Gasteiger partial charge is 0.241 e. The second-order valence-electron chi connectivity index (χ2n) is 5.12. The normalized spacial score (nSPS) is 16.7. The maximum absolute atomic E-state index is 12.2. The van der Waals surface area contributed by atoms with Gasteiger partial charge in [0.15, 0.2) is 0 Å². The van der Waals surface area contributed by atoms with Crippen LogP contribution in [0.15, 0.2) is 24.3 Å². The molecule has 1 aromatic rings. The summed E-state index contributed by atoms with van der Waals surface area (Å²) in [4.78, 5) is 16.1. The molecule has 0 spiro atoms. The molecule has 1 amide bonds. The Morgan fingerprint density at radius 3 is 2.47 bits per heavy atom. The summed E-state index contributed by atoms with van der Waals surface area (Å²) in [5.74, 6) is 1.44. The molecule has 1 aliphatic rings. The summed E-state index contributed by atoms with van der Waals surface area (Å²) in [6.07, 6.45) is 0. The lowest BCUT2D eigenvalue weighted by Gasteiger charge is -2.35. The fourth-order valence-corrected chi connectivity index (χ4v) is 2.29. The average Bonchev–Trinajstić information content (AvgIpc) is 2.38. The first-order valence-corrected chi connectivity index (χ1v) is 6.42. The van der Waals surface area contributed by atoms with E-state index in [1.165, 1.54) is 5.92 Å². The van der Waals surface area contributed by atoms with Crippen molar-refractivity contribution < 1.29 is 4.79 Å². The van der Waals surface area contributed by atoms with Crippen LogP contribution in [0, 0.1) is 17.2 Å². The maximum Gasteiger partial charge on any atom is 0.241 e. The van der Waals surface area contributed by atoms with Gasteiger partial charge in [-0.05, 0) is 30.2 Å². The third-order valence-corrected chi connectivity index (χ3v) is 3.15. The number of carbonyl (C=O) groups is 1. The molecule has 0 atom stereocenters. The second kappa shape index (κ2) is 5.85. The Morgan fingerprint density at radius 1 is 1.26 bits per heavy atom. The zero-order chi connectivity index (χ0) is 13.8. The van der Waals surface area contributed by atoms with Crippen molar-refractivity contribution >= 4 is 11.6 Å². The van der Waals surface area contributed by atoms with Crippen molar-refractivity contribution in [2.75, 3.05) is 31.1 Å². The van der Waals surface area contributed by atoms with Gasteiger partial charge in [-0.3, -0.25) is 9.69 Å². The molecule has 19 heavy (non-hydrogen) atoms. The molecular formula is C15H18N3O. The van der Waals surface area contributed by atoms with Crippen LogP contribution in [0.25, 0.3) is 0 Å². The molecule has 0 aromatic heterocycles. The zero-order valence-corrected chi connectivity index (χ0v) is 11.4. The molecule has 0 N–H and O–H groups in total. The second-order valence-corrected chi connectivity index (χ2v) is 5.12. The minimum atomic E-state index is 0.122. The van der Waals surface area contributed by atoms with Crippen LogP contribution in [0.3, 0.4) is 0 Å². The van der Waals surface area contributed by atoms with Gasteiger partial charge in [-0.2, -0.15) is 5.26 Å². The third-order valence-electron chi connectivity index (χ3n) is 3.15. The highest BCUT2D eigenvalue weighted by molar-refractivity contribution is 5.95. The Morgan fingerprint density at radius 2 is 1.95 bits per heavy atom. The van der Waals surface area contributed by atoms with Gasteiger partial charge < -0.3 is 4.90 Å². The minimum absolute atomic E-state index is 0.122. The highest BCUT2D eigenvalue weighted by atomic mass is 16.2. The van der Waals surface area contributed by atoms with Gasteiger partial charge in [0.2, 0.25) is 5.91 Å². The molecule has 0 bridgehead atoms. The average molecular weight is 256 g/mol. The molecule has 99 valence electrons. The van der Waals surface area contributed by atoms with Crippen molar-refractivity contribution in [1.29, 1.82) is 5.26 Å². The van der Waals surface area contributed by atoms with Gasteiger partial charge in [-0.15, -0.1) is 0 Å². The van der Waals surface area contributed by atoms with Crippen molar-refractivity contribution in [2.24, 2.45) is 0 Å². The molecule has 1 saturated heterocycles. The molecule has 1 radical (unpaired) electrons. The van der Waals surface area contributed by atoms with E-state index < -0.39 is 0 Å². The predicted octanol–water partition coefficient (Wildman–Crippen LogP) is 1.82. The number of piperazine rings is 1. The number of rotatable bonds is 3. The fourth-order valence-electron chi connectivity index (χ4n) is 2.29. The molecule has 1 aromatic carbocycles. The number of nitriles is 1. The summed E-state index contributed by atoms with van der Waals surface area (Å²) in [7, 11) is 0. The van der Waals surface area contributed by atoms with Crippen molar-refractivity contribution in [3.63, 3.8) is 0 Å². The molecular weight excluding hydrogens is 238 g/mol. The summed E-state index contributed by atoms with van der Waals surface area (Å²) < 4.78 is 0. The van der Waals surface area contributed by atoms with E-state index in [0.29, 0.717) is 18.7 Å². The van der Waals surface area contributed by atoms with Crippen molar-refractivity contribution in [1.82, 2.24) is 4.90 Å². The van der Waals surface area contributed by atoms with Crippen LogP contribution < -0.4 is 4.90 Å². The molecule has 0 unspecified atom stereocenters. The van der Waals surface area contributed by atoms with Crippen LogP contribution in [0.5, 0.6) is 0 Å². The molecule has 0 saturated carbocycles. The fraction of sp³-hybridized carbons (Fsp3) is 0.400. The number of benzene rings is 1.